The van der Waals surface area contributed by atoms with E-state index in [1.54, 1.807) is 0 Å². The molecule has 19 heavy (non-hydrogen) atoms. The summed E-state index contributed by atoms with van der Waals surface area (Å²) in [5, 5.41) is 7.69. The molecule has 0 bridgehead atoms. The summed E-state index contributed by atoms with van der Waals surface area (Å²) in [7, 11) is -3.74. The van der Waals surface area contributed by atoms with Crippen LogP contribution < -0.4 is 10.5 Å². The van der Waals surface area contributed by atoms with Crippen LogP contribution in [0.25, 0.3) is 0 Å². The van der Waals surface area contributed by atoms with Crippen LogP contribution in [0.3, 0.4) is 0 Å². The van der Waals surface area contributed by atoms with E-state index in [2.05, 4.69) is 10.1 Å². The number of primary sulfonamides is 1. The van der Waals surface area contributed by atoms with E-state index in [1.165, 1.54) is 24.3 Å². The second kappa shape index (κ2) is 6.22. The van der Waals surface area contributed by atoms with Gasteiger partial charge in [0.15, 0.2) is 0 Å². The van der Waals surface area contributed by atoms with E-state index in [1.807, 2.05) is 0 Å². The molecule has 0 aliphatic carbocycles. The number of sulfonamides is 1. The first-order valence-electron chi connectivity index (χ1n) is 5.20. The van der Waals surface area contributed by atoms with E-state index in [0.29, 0.717) is 5.69 Å². The van der Waals surface area contributed by atoms with E-state index in [4.69, 9.17) is 5.14 Å². The molecule has 0 unspecified atom stereocenters. The second-order valence-electron chi connectivity index (χ2n) is 3.66. The van der Waals surface area contributed by atoms with Crippen molar-refractivity contribution in [2.75, 3.05) is 25.1 Å². The Kier molecular flexibility index (Phi) is 5.15. The van der Waals surface area contributed by atoms with Crippen LogP contribution >= 0.6 is 0 Å². The van der Waals surface area contributed by atoms with Gasteiger partial charge in [0.2, 0.25) is 10.0 Å². The minimum Gasteiger partial charge on any atom is -0.383 e. The van der Waals surface area contributed by atoms with Crippen LogP contribution in [0.2, 0.25) is 0 Å². The Morgan fingerprint density at radius 1 is 1.21 bits per heavy atom. The molecule has 1 aromatic rings. The first-order valence-corrected chi connectivity index (χ1v) is 6.74. The van der Waals surface area contributed by atoms with Crippen molar-refractivity contribution in [3.63, 3.8) is 0 Å². The third kappa shape index (κ3) is 6.41. The average molecular weight is 298 g/mol. The molecule has 0 atom stereocenters. The Bertz CT molecular complexity index is 500. The van der Waals surface area contributed by atoms with Crippen molar-refractivity contribution in [1.29, 1.82) is 0 Å². The summed E-state index contributed by atoms with van der Waals surface area (Å²) in [4.78, 5) is -0.0358. The van der Waals surface area contributed by atoms with Crippen LogP contribution in [0.5, 0.6) is 0 Å². The van der Waals surface area contributed by atoms with Crippen LogP contribution in [-0.4, -0.2) is 34.4 Å². The van der Waals surface area contributed by atoms with Crippen LogP contribution in [0.1, 0.15) is 0 Å². The first-order chi connectivity index (χ1) is 8.68. The standard InChI is InChI=1S/C10H13F3N2O3S/c11-10(12,13)7-18-6-5-15-8-1-3-9(4-2-8)19(14,16)17/h1-4,15H,5-7H2,(H2,14,16,17). The molecule has 108 valence electrons. The van der Waals surface area contributed by atoms with E-state index >= 15 is 0 Å². The molecule has 0 radical (unpaired) electrons. The maximum atomic E-state index is 11.7. The highest BCUT2D eigenvalue weighted by molar-refractivity contribution is 7.89. The predicted octanol–water partition coefficient (Wildman–Crippen LogP) is 1.32. The minimum absolute atomic E-state index is 0.0358. The van der Waals surface area contributed by atoms with Crippen molar-refractivity contribution in [2.24, 2.45) is 5.14 Å². The Morgan fingerprint density at radius 2 is 1.79 bits per heavy atom. The van der Waals surface area contributed by atoms with E-state index in [9.17, 15) is 21.6 Å². The van der Waals surface area contributed by atoms with Gasteiger partial charge in [-0.05, 0) is 24.3 Å². The molecule has 0 fully saturated rings. The van der Waals surface area contributed by atoms with Gasteiger partial charge in [0, 0.05) is 12.2 Å². The molecular formula is C10H13F3N2O3S. The molecular weight excluding hydrogens is 285 g/mol. The highest BCUT2D eigenvalue weighted by Gasteiger charge is 2.27. The number of ether oxygens (including phenoxy) is 1. The number of nitrogens with two attached hydrogens (primary N) is 1. The second-order valence-corrected chi connectivity index (χ2v) is 5.23. The normalized spacial score (nSPS) is 12.4. The van der Waals surface area contributed by atoms with Crippen molar-refractivity contribution in [3.05, 3.63) is 24.3 Å². The van der Waals surface area contributed by atoms with Gasteiger partial charge in [-0.25, -0.2) is 13.6 Å². The Labute approximate surface area is 108 Å². The average Bonchev–Trinajstić information content (AvgIpc) is 2.26. The molecule has 0 aromatic heterocycles. The summed E-state index contributed by atoms with van der Waals surface area (Å²) in [5.74, 6) is 0. The van der Waals surface area contributed by atoms with Crippen molar-refractivity contribution >= 4 is 15.7 Å². The third-order valence-corrected chi connectivity index (χ3v) is 2.95. The molecule has 1 aromatic carbocycles. The molecule has 9 heteroatoms. The minimum atomic E-state index is -4.34. The number of anilines is 1. The van der Waals surface area contributed by atoms with Crippen molar-refractivity contribution in [3.8, 4) is 0 Å². The summed E-state index contributed by atoms with van der Waals surface area (Å²) in [6.45, 7) is -1.24. The number of halogens is 3. The molecule has 0 aliphatic heterocycles. The van der Waals surface area contributed by atoms with Gasteiger partial charge < -0.3 is 10.1 Å². The lowest BCUT2D eigenvalue weighted by atomic mass is 10.3. The fourth-order valence-corrected chi connectivity index (χ4v) is 1.73. The quantitative estimate of drug-likeness (QED) is 0.776. The molecule has 5 nitrogen and oxygen atoms in total. The zero-order valence-electron chi connectivity index (χ0n) is 9.77. The smallest absolute Gasteiger partial charge is 0.383 e. The molecule has 0 spiro atoms. The number of hydrogen-bond donors (Lipinski definition) is 2. The van der Waals surface area contributed by atoms with Gasteiger partial charge in [-0.1, -0.05) is 0 Å². The van der Waals surface area contributed by atoms with E-state index in [0.717, 1.165) is 0 Å². The van der Waals surface area contributed by atoms with Gasteiger partial charge in [-0.2, -0.15) is 13.2 Å². The Balaban J connectivity index is 2.35. The van der Waals surface area contributed by atoms with E-state index < -0.39 is 22.8 Å². The largest absolute Gasteiger partial charge is 0.411 e. The SMILES string of the molecule is NS(=O)(=O)c1ccc(NCCOCC(F)(F)F)cc1. The molecule has 1 rings (SSSR count). The molecule has 0 heterocycles. The van der Waals surface area contributed by atoms with Crippen LogP contribution in [-0.2, 0) is 14.8 Å². The van der Waals surface area contributed by atoms with Crippen molar-refractivity contribution < 1.29 is 26.3 Å². The maximum Gasteiger partial charge on any atom is 0.411 e. The van der Waals surface area contributed by atoms with Gasteiger partial charge in [-0.15, -0.1) is 0 Å². The highest BCUT2D eigenvalue weighted by atomic mass is 32.2. The summed E-state index contributed by atoms with van der Waals surface area (Å²) in [5.41, 5.74) is 0.558. The van der Waals surface area contributed by atoms with Crippen LogP contribution in [0.15, 0.2) is 29.2 Å². The summed E-state index contributed by atoms with van der Waals surface area (Å²) in [6, 6.07) is 5.52. The zero-order valence-corrected chi connectivity index (χ0v) is 10.6. The monoisotopic (exact) mass is 298 g/mol. The Hall–Kier alpha value is -1.32. The molecule has 0 saturated carbocycles. The van der Waals surface area contributed by atoms with Crippen molar-refractivity contribution in [1.82, 2.24) is 0 Å². The van der Waals surface area contributed by atoms with Gasteiger partial charge in [-0.3, -0.25) is 0 Å². The third-order valence-electron chi connectivity index (χ3n) is 2.02. The lowest BCUT2D eigenvalue weighted by molar-refractivity contribution is -0.172. The lowest BCUT2D eigenvalue weighted by Crippen LogP contribution is -2.20. The first kappa shape index (κ1) is 15.7. The number of rotatable bonds is 6. The van der Waals surface area contributed by atoms with Gasteiger partial charge >= 0.3 is 6.18 Å². The van der Waals surface area contributed by atoms with Gasteiger partial charge in [0.1, 0.15) is 6.61 Å². The zero-order chi connectivity index (χ0) is 14.5. The summed E-state index contributed by atoms with van der Waals surface area (Å²) in [6.07, 6.45) is -4.34. The summed E-state index contributed by atoms with van der Waals surface area (Å²) >= 11 is 0. The van der Waals surface area contributed by atoms with Crippen molar-refractivity contribution in [2.45, 2.75) is 11.1 Å². The predicted molar refractivity (Wildman–Crippen MR) is 63.2 cm³/mol. The topological polar surface area (TPSA) is 81.4 Å². The fraction of sp³-hybridized carbons (Fsp3) is 0.400. The number of hydrogen-bond acceptors (Lipinski definition) is 4. The maximum absolute atomic E-state index is 11.7. The number of nitrogens with one attached hydrogen (secondary N) is 1. The Morgan fingerprint density at radius 3 is 2.26 bits per heavy atom. The van der Waals surface area contributed by atoms with Gasteiger partial charge in [0.05, 0.1) is 11.5 Å². The van der Waals surface area contributed by atoms with Crippen LogP contribution in [0.4, 0.5) is 18.9 Å². The van der Waals surface area contributed by atoms with Crippen LogP contribution in [0, 0.1) is 0 Å². The van der Waals surface area contributed by atoms with Gasteiger partial charge in [0.25, 0.3) is 0 Å². The number of benzene rings is 1. The molecule has 0 aliphatic rings. The van der Waals surface area contributed by atoms with E-state index in [-0.39, 0.29) is 18.0 Å². The fourth-order valence-electron chi connectivity index (χ4n) is 1.22. The highest BCUT2D eigenvalue weighted by Crippen LogP contribution is 2.14. The summed E-state index contributed by atoms with van der Waals surface area (Å²) < 4.78 is 61.6. The lowest BCUT2D eigenvalue weighted by Gasteiger charge is -2.09. The molecule has 0 amide bonds. The molecule has 0 saturated heterocycles. The molecule has 3 N–H and O–H groups in total. The number of alkyl halides is 3.